The summed E-state index contributed by atoms with van der Waals surface area (Å²) in [4.78, 5) is 25.8. The lowest BCUT2D eigenvalue weighted by atomic mass is 10.1. The highest BCUT2D eigenvalue weighted by Crippen LogP contribution is 2.38. The molecule has 1 fully saturated rings. The Bertz CT molecular complexity index is 855. The smallest absolute Gasteiger partial charge is 0.338 e. The van der Waals surface area contributed by atoms with Crippen LogP contribution in [0.15, 0.2) is 53.4 Å². The summed E-state index contributed by atoms with van der Waals surface area (Å²) in [5.74, 6) is -0.515. The van der Waals surface area contributed by atoms with Crippen molar-refractivity contribution in [3.8, 4) is 0 Å². The average Bonchev–Trinajstić information content (AvgIpc) is 2.99. The van der Waals surface area contributed by atoms with Gasteiger partial charge in [-0.2, -0.15) is 13.2 Å². The van der Waals surface area contributed by atoms with Crippen molar-refractivity contribution in [3.63, 3.8) is 0 Å². The molecule has 142 valence electrons. The van der Waals surface area contributed by atoms with E-state index >= 15 is 0 Å². The van der Waals surface area contributed by atoms with Crippen molar-refractivity contribution in [1.29, 1.82) is 0 Å². The molecule has 3 rings (SSSR count). The number of carbonyl (C=O) groups is 2. The van der Waals surface area contributed by atoms with Crippen molar-refractivity contribution in [2.45, 2.75) is 29.8 Å². The van der Waals surface area contributed by atoms with Crippen LogP contribution in [-0.4, -0.2) is 28.8 Å². The molecular formula is C19H17F3N2O2S. The number of benzene rings is 2. The van der Waals surface area contributed by atoms with Gasteiger partial charge in [-0.25, -0.2) is 0 Å². The molecule has 0 saturated carbocycles. The Morgan fingerprint density at radius 2 is 1.93 bits per heavy atom. The molecule has 4 nitrogen and oxygen atoms in total. The number of nitrogens with one attached hydrogen (secondary N) is 1. The van der Waals surface area contributed by atoms with E-state index in [0.29, 0.717) is 25.2 Å². The molecule has 1 heterocycles. The first-order chi connectivity index (χ1) is 12.8. The highest BCUT2D eigenvalue weighted by atomic mass is 32.2. The fraction of sp³-hybridized carbons (Fsp3) is 0.263. The molecule has 0 bridgehead atoms. The third-order valence-corrected chi connectivity index (χ3v) is 4.89. The van der Waals surface area contributed by atoms with Gasteiger partial charge >= 0.3 is 5.51 Å². The van der Waals surface area contributed by atoms with Crippen molar-refractivity contribution in [2.24, 2.45) is 0 Å². The van der Waals surface area contributed by atoms with Crippen LogP contribution in [0.3, 0.4) is 0 Å². The molecule has 1 aliphatic rings. The minimum absolute atomic E-state index is 0.0417. The fourth-order valence-corrected chi connectivity index (χ4v) is 3.57. The lowest BCUT2D eigenvalue weighted by molar-refractivity contribution is -0.128. The fourth-order valence-electron chi connectivity index (χ4n) is 2.91. The van der Waals surface area contributed by atoms with E-state index in [1.807, 2.05) is 6.07 Å². The number of amides is 2. The van der Waals surface area contributed by atoms with E-state index in [1.54, 1.807) is 23.1 Å². The number of rotatable bonds is 5. The van der Waals surface area contributed by atoms with E-state index in [0.717, 1.165) is 12.0 Å². The molecule has 1 saturated heterocycles. The number of carbonyl (C=O) groups excluding carboxylic acids is 2. The van der Waals surface area contributed by atoms with E-state index < -0.39 is 11.4 Å². The highest BCUT2D eigenvalue weighted by molar-refractivity contribution is 8.00. The molecule has 0 spiro atoms. The zero-order valence-corrected chi connectivity index (χ0v) is 15.1. The zero-order chi connectivity index (χ0) is 19.4. The Hall–Kier alpha value is -2.48. The van der Waals surface area contributed by atoms with Crippen LogP contribution in [0.5, 0.6) is 0 Å². The number of hydrogen-bond acceptors (Lipinski definition) is 3. The Morgan fingerprint density at radius 1 is 1.15 bits per heavy atom. The largest absolute Gasteiger partial charge is 0.446 e. The van der Waals surface area contributed by atoms with E-state index in [9.17, 15) is 22.8 Å². The number of anilines is 1. The maximum Gasteiger partial charge on any atom is 0.446 e. The predicted octanol–water partition coefficient (Wildman–Crippen LogP) is 4.67. The summed E-state index contributed by atoms with van der Waals surface area (Å²) < 4.78 is 38.1. The van der Waals surface area contributed by atoms with E-state index in [2.05, 4.69) is 5.32 Å². The van der Waals surface area contributed by atoms with Gasteiger partial charge in [0.1, 0.15) is 0 Å². The van der Waals surface area contributed by atoms with Crippen LogP contribution in [0.1, 0.15) is 28.8 Å². The summed E-state index contributed by atoms with van der Waals surface area (Å²) in [5.41, 5.74) is -3.20. The Kier molecular flexibility index (Phi) is 5.74. The van der Waals surface area contributed by atoms with Gasteiger partial charge in [0.15, 0.2) is 0 Å². The molecule has 0 radical (unpaired) electrons. The van der Waals surface area contributed by atoms with Gasteiger partial charge in [0.2, 0.25) is 5.91 Å². The van der Waals surface area contributed by atoms with Gasteiger partial charge in [0.25, 0.3) is 5.91 Å². The maximum absolute atomic E-state index is 12.7. The maximum atomic E-state index is 12.7. The molecule has 8 heteroatoms. The molecular weight excluding hydrogens is 377 g/mol. The van der Waals surface area contributed by atoms with Gasteiger partial charge in [-0.1, -0.05) is 24.3 Å². The average molecular weight is 394 g/mol. The van der Waals surface area contributed by atoms with Crippen LogP contribution in [0.25, 0.3) is 0 Å². The Morgan fingerprint density at radius 3 is 2.63 bits per heavy atom. The van der Waals surface area contributed by atoms with E-state index in [1.165, 1.54) is 24.3 Å². The second-order valence-corrected chi connectivity index (χ2v) is 7.22. The third-order valence-electron chi connectivity index (χ3n) is 4.09. The summed E-state index contributed by atoms with van der Waals surface area (Å²) in [6.45, 7) is 1.15. The van der Waals surface area contributed by atoms with E-state index in [-0.39, 0.29) is 28.1 Å². The van der Waals surface area contributed by atoms with Gasteiger partial charge < -0.3 is 10.2 Å². The van der Waals surface area contributed by atoms with Crippen molar-refractivity contribution in [2.75, 3.05) is 11.9 Å². The summed E-state index contributed by atoms with van der Waals surface area (Å²) in [7, 11) is 0. The summed E-state index contributed by atoms with van der Waals surface area (Å²) >= 11 is -0.314. The molecule has 0 unspecified atom stereocenters. The van der Waals surface area contributed by atoms with Gasteiger partial charge in [0, 0.05) is 30.1 Å². The normalized spacial score (nSPS) is 14.5. The lowest BCUT2D eigenvalue weighted by Crippen LogP contribution is -2.23. The first-order valence-electron chi connectivity index (χ1n) is 8.35. The van der Waals surface area contributed by atoms with Gasteiger partial charge in [-0.05, 0) is 48.0 Å². The van der Waals surface area contributed by atoms with Crippen molar-refractivity contribution >= 4 is 29.3 Å². The highest BCUT2D eigenvalue weighted by Gasteiger charge is 2.31. The van der Waals surface area contributed by atoms with Gasteiger partial charge in [-0.3, -0.25) is 9.59 Å². The van der Waals surface area contributed by atoms with Gasteiger partial charge in [-0.15, -0.1) is 0 Å². The number of alkyl halides is 3. The second kappa shape index (κ2) is 8.04. The van der Waals surface area contributed by atoms with Crippen molar-refractivity contribution in [3.05, 3.63) is 59.7 Å². The van der Waals surface area contributed by atoms with Crippen LogP contribution in [0.4, 0.5) is 18.9 Å². The molecule has 2 amide bonds. The summed E-state index contributed by atoms with van der Waals surface area (Å²) in [6, 6.07) is 12.6. The number of nitrogens with zero attached hydrogens (tertiary/aromatic N) is 1. The summed E-state index contributed by atoms with van der Waals surface area (Å²) in [5, 5.41) is 2.64. The Balaban J connectivity index is 1.73. The first kappa shape index (κ1) is 19.3. The second-order valence-electron chi connectivity index (χ2n) is 6.12. The lowest BCUT2D eigenvalue weighted by Gasteiger charge is -2.16. The molecule has 2 aromatic rings. The minimum atomic E-state index is -4.47. The van der Waals surface area contributed by atoms with Crippen molar-refractivity contribution in [1.82, 2.24) is 4.90 Å². The number of thioether (sulfide) groups is 1. The van der Waals surface area contributed by atoms with Crippen LogP contribution in [-0.2, 0) is 11.3 Å². The van der Waals surface area contributed by atoms with Crippen LogP contribution in [0, 0.1) is 0 Å². The molecule has 0 atom stereocenters. The van der Waals surface area contributed by atoms with Crippen LogP contribution in [0.2, 0.25) is 0 Å². The predicted molar refractivity (Wildman–Crippen MR) is 97.4 cm³/mol. The van der Waals surface area contributed by atoms with E-state index in [4.69, 9.17) is 0 Å². The van der Waals surface area contributed by atoms with Crippen LogP contribution < -0.4 is 5.32 Å². The molecule has 0 aliphatic carbocycles. The molecule has 1 aliphatic heterocycles. The quantitative estimate of drug-likeness (QED) is 0.750. The third kappa shape index (κ3) is 5.26. The monoisotopic (exact) mass is 394 g/mol. The SMILES string of the molecule is O=C(Nc1cccc(CN2CCCC2=O)c1)c1ccccc1SC(F)(F)F. The Labute approximate surface area is 158 Å². The molecule has 0 aromatic heterocycles. The molecule has 1 N–H and O–H groups in total. The first-order valence-corrected chi connectivity index (χ1v) is 9.16. The van der Waals surface area contributed by atoms with Crippen LogP contribution >= 0.6 is 11.8 Å². The molecule has 2 aromatic carbocycles. The number of hydrogen-bond donors (Lipinski definition) is 1. The topological polar surface area (TPSA) is 49.4 Å². The van der Waals surface area contributed by atoms with Crippen molar-refractivity contribution < 1.29 is 22.8 Å². The number of halogens is 3. The minimum Gasteiger partial charge on any atom is -0.338 e. The standard InChI is InChI=1S/C19H17F3N2O2S/c20-19(21,22)27-16-8-2-1-7-15(16)18(26)23-14-6-3-5-13(11-14)12-24-10-4-9-17(24)25/h1-3,5-8,11H,4,9-10,12H2,(H,23,26). The zero-order valence-electron chi connectivity index (χ0n) is 14.3. The van der Waals surface area contributed by atoms with Gasteiger partial charge in [0.05, 0.1) is 5.56 Å². The molecule has 27 heavy (non-hydrogen) atoms. The summed E-state index contributed by atoms with van der Waals surface area (Å²) in [6.07, 6.45) is 1.38. The number of likely N-dealkylation sites (tertiary alicyclic amines) is 1.